The Morgan fingerprint density at radius 2 is 1.95 bits per heavy atom. The van der Waals surface area contributed by atoms with Gasteiger partial charge >= 0.3 is 0 Å². The van der Waals surface area contributed by atoms with Crippen LogP contribution in [0.5, 0.6) is 0 Å². The van der Waals surface area contributed by atoms with E-state index in [0.717, 1.165) is 28.6 Å². The first-order chi connectivity index (χ1) is 10.1. The van der Waals surface area contributed by atoms with Crippen molar-refractivity contribution in [2.45, 2.75) is 20.4 Å². The van der Waals surface area contributed by atoms with Gasteiger partial charge < -0.3 is 10.6 Å². The molecule has 0 bridgehead atoms. The Kier molecular flexibility index (Phi) is 4.66. The molecule has 0 radical (unpaired) electrons. The minimum Gasteiger partial charge on any atom is -0.366 e. The molecule has 5 heteroatoms. The zero-order chi connectivity index (χ0) is 15.2. The third-order valence-corrected chi connectivity index (χ3v) is 2.85. The Bertz CT molecular complexity index is 630. The maximum atomic E-state index is 11.2. The van der Waals surface area contributed by atoms with E-state index in [2.05, 4.69) is 27.2 Å². The summed E-state index contributed by atoms with van der Waals surface area (Å²) in [5.74, 6) is 1.34. The van der Waals surface area contributed by atoms with Crippen LogP contribution in [0.15, 0.2) is 43.0 Å². The van der Waals surface area contributed by atoms with Gasteiger partial charge in [0.05, 0.1) is 0 Å². The summed E-state index contributed by atoms with van der Waals surface area (Å²) >= 11 is 0. The van der Waals surface area contributed by atoms with Crippen molar-refractivity contribution in [3.05, 3.63) is 60.1 Å². The van der Waals surface area contributed by atoms with Crippen molar-refractivity contribution in [2.75, 3.05) is 10.6 Å². The van der Waals surface area contributed by atoms with Gasteiger partial charge in [-0.25, -0.2) is 9.97 Å². The van der Waals surface area contributed by atoms with E-state index in [1.54, 1.807) is 0 Å². The van der Waals surface area contributed by atoms with Crippen LogP contribution in [0, 0.1) is 13.8 Å². The Hall–Kier alpha value is -2.69. The van der Waals surface area contributed by atoms with Crippen molar-refractivity contribution in [2.24, 2.45) is 0 Å². The second-order valence-corrected chi connectivity index (χ2v) is 4.69. The number of benzene rings is 1. The molecule has 1 heterocycles. The standard InChI is InChI=1S/C16H18N4O/c1-4-16(21)20-14-7-5-13(6-8-14)10-17-15-9-11(2)18-12(3)19-15/h4-9H,1,10H2,2-3H3,(H,20,21)(H,17,18,19). The van der Waals surface area contributed by atoms with Crippen molar-refractivity contribution in [3.63, 3.8) is 0 Å². The number of nitrogens with zero attached hydrogens (tertiary/aromatic N) is 2. The lowest BCUT2D eigenvalue weighted by Crippen LogP contribution is -2.07. The van der Waals surface area contributed by atoms with Crippen molar-refractivity contribution in [3.8, 4) is 0 Å². The molecule has 0 aliphatic carbocycles. The summed E-state index contributed by atoms with van der Waals surface area (Å²) in [5.41, 5.74) is 2.78. The SMILES string of the molecule is C=CC(=O)Nc1ccc(CNc2cc(C)nc(C)n2)cc1. The zero-order valence-electron chi connectivity index (χ0n) is 12.2. The second kappa shape index (κ2) is 6.65. The molecule has 108 valence electrons. The van der Waals surface area contributed by atoms with Crippen LogP contribution in [0.3, 0.4) is 0 Å². The van der Waals surface area contributed by atoms with E-state index < -0.39 is 0 Å². The average Bonchev–Trinajstić information content (AvgIpc) is 2.45. The Morgan fingerprint density at radius 1 is 1.24 bits per heavy atom. The first kappa shape index (κ1) is 14.7. The highest BCUT2D eigenvalue weighted by molar-refractivity contribution is 5.98. The van der Waals surface area contributed by atoms with Gasteiger partial charge in [0.2, 0.25) is 5.91 Å². The number of carbonyl (C=O) groups excluding carboxylic acids is 1. The molecule has 5 nitrogen and oxygen atoms in total. The number of hydrogen-bond donors (Lipinski definition) is 2. The smallest absolute Gasteiger partial charge is 0.247 e. The molecule has 0 fully saturated rings. The van der Waals surface area contributed by atoms with Crippen LogP contribution >= 0.6 is 0 Å². The highest BCUT2D eigenvalue weighted by atomic mass is 16.1. The molecule has 2 rings (SSSR count). The molecule has 1 aromatic carbocycles. The van der Waals surface area contributed by atoms with Crippen LogP contribution in [0.2, 0.25) is 0 Å². The number of amides is 1. The van der Waals surface area contributed by atoms with Crippen LogP contribution in [-0.2, 0) is 11.3 Å². The van der Waals surface area contributed by atoms with Crippen molar-refractivity contribution in [1.29, 1.82) is 0 Å². The van der Waals surface area contributed by atoms with Gasteiger partial charge in [0.25, 0.3) is 0 Å². The molecule has 0 aliphatic rings. The Morgan fingerprint density at radius 3 is 2.57 bits per heavy atom. The highest BCUT2D eigenvalue weighted by Gasteiger charge is 2.00. The maximum Gasteiger partial charge on any atom is 0.247 e. The lowest BCUT2D eigenvalue weighted by Gasteiger charge is -2.08. The van der Waals surface area contributed by atoms with Gasteiger partial charge in [-0.15, -0.1) is 0 Å². The molecule has 2 N–H and O–H groups in total. The third kappa shape index (κ3) is 4.42. The molecule has 1 amide bonds. The minimum atomic E-state index is -0.215. The van der Waals surface area contributed by atoms with E-state index in [9.17, 15) is 4.79 Å². The fourth-order valence-corrected chi connectivity index (χ4v) is 1.90. The number of anilines is 2. The molecule has 1 aromatic heterocycles. The van der Waals surface area contributed by atoms with Crippen LogP contribution in [0.4, 0.5) is 11.5 Å². The van der Waals surface area contributed by atoms with Gasteiger partial charge in [-0.05, 0) is 37.6 Å². The van der Waals surface area contributed by atoms with E-state index >= 15 is 0 Å². The molecule has 0 atom stereocenters. The predicted molar refractivity (Wildman–Crippen MR) is 84.1 cm³/mol. The summed E-state index contributed by atoms with van der Waals surface area (Å²) in [6.07, 6.45) is 1.25. The molecule has 21 heavy (non-hydrogen) atoms. The van der Waals surface area contributed by atoms with Crippen LogP contribution < -0.4 is 10.6 Å². The topological polar surface area (TPSA) is 66.9 Å². The van der Waals surface area contributed by atoms with Gasteiger partial charge in [-0.3, -0.25) is 4.79 Å². The van der Waals surface area contributed by atoms with Crippen LogP contribution in [0.1, 0.15) is 17.1 Å². The maximum absolute atomic E-state index is 11.2. The summed E-state index contributed by atoms with van der Waals surface area (Å²) < 4.78 is 0. The Balaban J connectivity index is 1.97. The molecule has 0 saturated carbocycles. The number of rotatable bonds is 5. The largest absolute Gasteiger partial charge is 0.366 e. The molecule has 2 aromatic rings. The molecular formula is C16H18N4O. The zero-order valence-corrected chi connectivity index (χ0v) is 12.2. The van der Waals surface area contributed by atoms with Crippen LogP contribution in [-0.4, -0.2) is 15.9 Å². The van der Waals surface area contributed by atoms with Gasteiger partial charge in [-0.2, -0.15) is 0 Å². The molecular weight excluding hydrogens is 264 g/mol. The van der Waals surface area contributed by atoms with Gasteiger partial charge in [0.15, 0.2) is 0 Å². The number of aromatic nitrogens is 2. The van der Waals surface area contributed by atoms with Gasteiger partial charge in [-0.1, -0.05) is 18.7 Å². The van der Waals surface area contributed by atoms with Crippen LogP contribution in [0.25, 0.3) is 0 Å². The summed E-state index contributed by atoms with van der Waals surface area (Å²) in [7, 11) is 0. The quantitative estimate of drug-likeness (QED) is 0.828. The molecule has 0 spiro atoms. The molecule has 0 unspecified atom stereocenters. The van der Waals surface area contributed by atoms with E-state index in [1.165, 1.54) is 6.08 Å². The summed E-state index contributed by atoms with van der Waals surface area (Å²) in [5, 5.41) is 5.97. The predicted octanol–water partition coefficient (Wildman–Crippen LogP) is 2.83. The first-order valence-corrected chi connectivity index (χ1v) is 6.65. The summed E-state index contributed by atoms with van der Waals surface area (Å²) in [4.78, 5) is 19.7. The molecule has 0 aliphatic heterocycles. The molecule has 0 saturated heterocycles. The third-order valence-electron chi connectivity index (χ3n) is 2.85. The van der Waals surface area contributed by atoms with Gasteiger partial charge in [0, 0.05) is 24.0 Å². The number of hydrogen-bond acceptors (Lipinski definition) is 4. The van der Waals surface area contributed by atoms with Gasteiger partial charge in [0.1, 0.15) is 11.6 Å². The lowest BCUT2D eigenvalue weighted by molar-refractivity contribution is -0.111. The second-order valence-electron chi connectivity index (χ2n) is 4.69. The monoisotopic (exact) mass is 282 g/mol. The van der Waals surface area contributed by atoms with E-state index in [0.29, 0.717) is 6.54 Å². The van der Waals surface area contributed by atoms with Crippen molar-refractivity contribution in [1.82, 2.24) is 9.97 Å². The number of aryl methyl sites for hydroxylation is 2. The fourth-order valence-electron chi connectivity index (χ4n) is 1.90. The summed E-state index contributed by atoms with van der Waals surface area (Å²) in [6.45, 7) is 7.89. The van der Waals surface area contributed by atoms with Crippen molar-refractivity contribution >= 4 is 17.4 Å². The fraction of sp³-hybridized carbons (Fsp3) is 0.188. The highest BCUT2D eigenvalue weighted by Crippen LogP contribution is 2.12. The van der Waals surface area contributed by atoms with E-state index in [-0.39, 0.29) is 5.91 Å². The first-order valence-electron chi connectivity index (χ1n) is 6.65. The summed E-state index contributed by atoms with van der Waals surface area (Å²) in [6, 6.07) is 9.52. The number of nitrogens with one attached hydrogen (secondary N) is 2. The van der Waals surface area contributed by atoms with E-state index in [1.807, 2.05) is 44.2 Å². The van der Waals surface area contributed by atoms with Crippen molar-refractivity contribution < 1.29 is 4.79 Å². The lowest BCUT2D eigenvalue weighted by atomic mass is 10.2. The average molecular weight is 282 g/mol. The number of carbonyl (C=O) groups is 1. The minimum absolute atomic E-state index is 0.215. The normalized spacial score (nSPS) is 10.0. The van der Waals surface area contributed by atoms with E-state index in [4.69, 9.17) is 0 Å². The Labute approximate surface area is 124 Å².